The van der Waals surface area contributed by atoms with E-state index in [0.717, 1.165) is 38.0 Å². The third-order valence-electron chi connectivity index (χ3n) is 5.38. The lowest BCUT2D eigenvalue weighted by molar-refractivity contribution is -0.193. The number of benzene rings is 2. The Labute approximate surface area is 220 Å². The van der Waals surface area contributed by atoms with E-state index in [4.69, 9.17) is 25.5 Å². The largest absolute Gasteiger partial charge is 0.490 e. The van der Waals surface area contributed by atoms with Gasteiger partial charge in [0.15, 0.2) is 0 Å². The number of alkyl halides is 6. The van der Waals surface area contributed by atoms with Crippen LogP contribution in [0.25, 0.3) is 0 Å². The minimum absolute atomic E-state index is 0.268. The van der Waals surface area contributed by atoms with Crippen LogP contribution >= 0.6 is 0 Å². The van der Waals surface area contributed by atoms with Gasteiger partial charge in [-0.1, -0.05) is 60.7 Å². The Kier molecular flexibility index (Phi) is 13.4. The van der Waals surface area contributed by atoms with Gasteiger partial charge < -0.3 is 21.3 Å². The number of halogens is 6. The van der Waals surface area contributed by atoms with Crippen LogP contribution in [0.4, 0.5) is 26.3 Å². The van der Waals surface area contributed by atoms with Crippen LogP contribution in [-0.2, 0) is 27.3 Å². The van der Waals surface area contributed by atoms with E-state index in [1.807, 2.05) is 30.3 Å². The maximum absolute atomic E-state index is 11.8. The molecule has 1 aliphatic rings. The predicted octanol–water partition coefficient (Wildman–Crippen LogP) is 3.60. The second-order valence-corrected chi connectivity index (χ2v) is 8.45. The van der Waals surface area contributed by atoms with Crippen LogP contribution in [-0.4, -0.2) is 70.5 Å². The van der Waals surface area contributed by atoms with Gasteiger partial charge in [0.2, 0.25) is 5.91 Å². The lowest BCUT2D eigenvalue weighted by Gasteiger charge is -2.34. The Bertz CT molecular complexity index is 1000. The molecule has 1 aliphatic heterocycles. The van der Waals surface area contributed by atoms with Crippen molar-refractivity contribution in [1.82, 2.24) is 10.2 Å². The number of nitrogens with one attached hydrogen (secondary N) is 1. The summed E-state index contributed by atoms with van der Waals surface area (Å²) in [6.45, 7) is 3.09. The Balaban J connectivity index is 0.000000449. The van der Waals surface area contributed by atoms with Crippen molar-refractivity contribution >= 4 is 17.8 Å². The molecule has 1 unspecified atom stereocenters. The normalized spacial score (nSPS) is 15.1. The summed E-state index contributed by atoms with van der Waals surface area (Å²) < 4.78 is 63.5. The van der Waals surface area contributed by atoms with Gasteiger partial charge in [-0.05, 0) is 43.5 Å². The Hall–Kier alpha value is -3.65. The summed E-state index contributed by atoms with van der Waals surface area (Å²) in [6.07, 6.45) is -7.42. The molecule has 1 heterocycles. The highest BCUT2D eigenvalue weighted by Gasteiger charge is 2.38. The number of hydrogen-bond donors (Lipinski definition) is 4. The molecule has 1 amide bonds. The number of rotatable bonds is 7. The summed E-state index contributed by atoms with van der Waals surface area (Å²) in [5.41, 5.74) is 8.11. The van der Waals surface area contributed by atoms with Gasteiger partial charge in [0, 0.05) is 12.6 Å². The van der Waals surface area contributed by atoms with Crippen LogP contribution in [0.1, 0.15) is 24.0 Å². The number of likely N-dealkylation sites (tertiary alicyclic amines) is 1. The number of nitrogens with zero attached hydrogens (tertiary/aromatic N) is 1. The number of primary amides is 1. The summed E-state index contributed by atoms with van der Waals surface area (Å²) in [5, 5.41) is 17.7. The van der Waals surface area contributed by atoms with Crippen LogP contribution < -0.4 is 11.1 Å². The maximum atomic E-state index is 11.8. The van der Waals surface area contributed by atoms with Gasteiger partial charge in [-0.3, -0.25) is 9.69 Å². The van der Waals surface area contributed by atoms with E-state index in [9.17, 15) is 31.1 Å². The molecule has 1 fully saturated rings. The first-order chi connectivity index (χ1) is 18.1. The van der Waals surface area contributed by atoms with Crippen molar-refractivity contribution in [2.75, 3.05) is 13.1 Å². The quantitative estimate of drug-likeness (QED) is 0.377. The Morgan fingerprint density at radius 3 is 1.56 bits per heavy atom. The second-order valence-electron chi connectivity index (χ2n) is 8.45. The molecule has 0 spiro atoms. The molecule has 216 valence electrons. The molecule has 5 N–H and O–H groups in total. The number of hydrogen-bond acceptors (Lipinski definition) is 5. The maximum Gasteiger partial charge on any atom is 0.490 e. The van der Waals surface area contributed by atoms with Crippen LogP contribution in [0.3, 0.4) is 0 Å². The van der Waals surface area contributed by atoms with Gasteiger partial charge in [-0.15, -0.1) is 0 Å². The molecule has 2 aromatic carbocycles. The molecule has 2 aromatic rings. The van der Waals surface area contributed by atoms with Gasteiger partial charge in [-0.2, -0.15) is 26.3 Å². The van der Waals surface area contributed by atoms with Gasteiger partial charge >= 0.3 is 24.3 Å². The monoisotopic (exact) mass is 565 g/mol. The predicted molar refractivity (Wildman–Crippen MR) is 128 cm³/mol. The van der Waals surface area contributed by atoms with Crippen molar-refractivity contribution in [3.63, 3.8) is 0 Å². The summed E-state index contributed by atoms with van der Waals surface area (Å²) in [7, 11) is 0. The molecule has 0 saturated carbocycles. The molecular formula is C25H29F6N3O5. The second kappa shape index (κ2) is 15.7. The zero-order chi connectivity index (χ0) is 29.6. The fourth-order valence-corrected chi connectivity index (χ4v) is 3.48. The van der Waals surface area contributed by atoms with Gasteiger partial charge in [0.1, 0.15) is 0 Å². The smallest absolute Gasteiger partial charge is 0.475 e. The number of amides is 1. The van der Waals surface area contributed by atoms with E-state index in [0.29, 0.717) is 12.5 Å². The molecule has 1 saturated heterocycles. The van der Waals surface area contributed by atoms with Crippen molar-refractivity contribution in [2.24, 2.45) is 5.73 Å². The molecule has 1 atom stereocenters. The van der Waals surface area contributed by atoms with Crippen molar-refractivity contribution in [3.05, 3.63) is 71.8 Å². The highest BCUT2D eigenvalue weighted by Crippen LogP contribution is 2.16. The third-order valence-corrected chi connectivity index (χ3v) is 5.38. The van der Waals surface area contributed by atoms with Crippen molar-refractivity contribution < 1.29 is 50.9 Å². The number of aliphatic carboxylic acids is 2. The highest BCUT2D eigenvalue weighted by atomic mass is 19.4. The zero-order valence-electron chi connectivity index (χ0n) is 20.6. The number of carboxylic acids is 2. The minimum atomic E-state index is -5.08. The van der Waals surface area contributed by atoms with Crippen molar-refractivity contribution in [2.45, 2.75) is 50.2 Å². The number of nitrogens with two attached hydrogens (primary N) is 1. The van der Waals surface area contributed by atoms with E-state index in [1.165, 1.54) is 5.56 Å². The first-order valence-corrected chi connectivity index (χ1v) is 11.6. The standard InChI is InChI=1S/C21H27N3O.2C2HF3O2/c22-21(25)20(15-17-7-3-1-4-8-17)23-19-11-13-24(14-12-19)16-18-9-5-2-6-10-18;2*3-2(4,5)1(6)7/h1-10,19-20,23H,11-16H2,(H2,22,25);2*(H,6,7). The molecule has 0 aliphatic carbocycles. The average Bonchev–Trinajstić information content (AvgIpc) is 2.85. The molecule has 0 radical (unpaired) electrons. The minimum Gasteiger partial charge on any atom is -0.475 e. The Morgan fingerprint density at radius 2 is 1.21 bits per heavy atom. The third kappa shape index (κ3) is 14.2. The Morgan fingerprint density at radius 1 is 0.821 bits per heavy atom. The van der Waals surface area contributed by atoms with Crippen molar-refractivity contribution in [3.8, 4) is 0 Å². The van der Waals surface area contributed by atoms with E-state index < -0.39 is 24.3 Å². The van der Waals surface area contributed by atoms with Crippen LogP contribution in [0.2, 0.25) is 0 Å². The van der Waals surface area contributed by atoms with Crippen LogP contribution in [0.5, 0.6) is 0 Å². The van der Waals surface area contributed by atoms with Crippen molar-refractivity contribution in [1.29, 1.82) is 0 Å². The SMILES string of the molecule is NC(=O)C(Cc1ccccc1)NC1CCN(Cc2ccccc2)CC1.O=C(O)C(F)(F)F.O=C(O)C(F)(F)F. The van der Waals surface area contributed by atoms with E-state index in [-0.39, 0.29) is 11.9 Å². The van der Waals surface area contributed by atoms with Gasteiger partial charge in [0.25, 0.3) is 0 Å². The zero-order valence-corrected chi connectivity index (χ0v) is 20.6. The molecular weight excluding hydrogens is 536 g/mol. The number of carboxylic acid groups (broad SMARTS) is 2. The lowest BCUT2D eigenvalue weighted by Crippen LogP contribution is -2.51. The lowest BCUT2D eigenvalue weighted by atomic mass is 10.00. The number of carbonyl (C=O) groups is 3. The van der Waals surface area contributed by atoms with E-state index in [2.05, 4.69) is 40.5 Å². The first kappa shape index (κ1) is 33.4. The molecule has 39 heavy (non-hydrogen) atoms. The van der Waals surface area contributed by atoms with Gasteiger partial charge in [-0.25, -0.2) is 9.59 Å². The summed E-state index contributed by atoms with van der Waals surface area (Å²) in [6, 6.07) is 20.7. The molecule has 14 heteroatoms. The number of carbonyl (C=O) groups excluding carboxylic acids is 1. The fourth-order valence-electron chi connectivity index (χ4n) is 3.48. The highest BCUT2D eigenvalue weighted by molar-refractivity contribution is 5.80. The van der Waals surface area contributed by atoms with Gasteiger partial charge in [0.05, 0.1) is 6.04 Å². The summed E-state index contributed by atoms with van der Waals surface area (Å²) in [4.78, 5) is 32.1. The summed E-state index contributed by atoms with van der Waals surface area (Å²) in [5.74, 6) is -5.78. The summed E-state index contributed by atoms with van der Waals surface area (Å²) >= 11 is 0. The fraction of sp³-hybridized carbons (Fsp3) is 0.400. The molecule has 8 nitrogen and oxygen atoms in total. The average molecular weight is 566 g/mol. The van der Waals surface area contributed by atoms with Crippen LogP contribution in [0, 0.1) is 0 Å². The molecule has 0 bridgehead atoms. The van der Waals surface area contributed by atoms with E-state index >= 15 is 0 Å². The molecule has 0 aromatic heterocycles. The van der Waals surface area contributed by atoms with Crippen LogP contribution in [0.15, 0.2) is 60.7 Å². The van der Waals surface area contributed by atoms with E-state index in [1.54, 1.807) is 0 Å². The number of piperidine rings is 1. The topological polar surface area (TPSA) is 133 Å². The molecule has 3 rings (SSSR count). The first-order valence-electron chi connectivity index (χ1n) is 11.6.